The number of benzene rings is 1. The topological polar surface area (TPSA) is 66.6 Å². The van der Waals surface area contributed by atoms with E-state index in [1.54, 1.807) is 21.9 Å². The highest BCUT2D eigenvalue weighted by molar-refractivity contribution is 5.94. The van der Waals surface area contributed by atoms with Crippen LogP contribution in [0.3, 0.4) is 0 Å². The first kappa shape index (κ1) is 17.7. The Morgan fingerprint density at radius 2 is 1.65 bits per heavy atom. The van der Waals surface area contributed by atoms with Gasteiger partial charge in [-0.05, 0) is 31.4 Å². The molecule has 2 amide bonds. The lowest BCUT2D eigenvalue weighted by Crippen LogP contribution is -2.47. The van der Waals surface area contributed by atoms with Crippen molar-refractivity contribution in [2.75, 3.05) is 26.2 Å². The van der Waals surface area contributed by atoms with Crippen LogP contribution in [0.2, 0.25) is 0 Å². The Labute approximate surface area is 141 Å². The Balaban J connectivity index is 0.00000192. The standard InChI is InChI=1S/C16H20FN3O2.ClH/c17-13-5-2-1-4-12(13)14(21)19-8-3-9-20(11-10-19)15(22)16(18)6-7-16;/h1-2,4-5H,3,6-11,18H2;1H. The maximum absolute atomic E-state index is 13.7. The summed E-state index contributed by atoms with van der Waals surface area (Å²) in [5.74, 6) is -0.849. The number of carbonyl (C=O) groups excluding carboxylic acids is 2. The van der Waals surface area contributed by atoms with Crippen molar-refractivity contribution in [2.24, 2.45) is 5.73 Å². The molecule has 1 heterocycles. The molecule has 1 saturated heterocycles. The molecule has 0 atom stereocenters. The Hall–Kier alpha value is -1.66. The molecule has 0 bridgehead atoms. The summed E-state index contributed by atoms with van der Waals surface area (Å²) < 4.78 is 13.7. The average Bonchev–Trinajstić information content (AvgIpc) is 3.30. The quantitative estimate of drug-likeness (QED) is 0.884. The second kappa shape index (κ2) is 6.84. The molecule has 5 nitrogen and oxygen atoms in total. The molecule has 0 aromatic heterocycles. The van der Waals surface area contributed by atoms with Crippen LogP contribution in [0, 0.1) is 5.82 Å². The van der Waals surface area contributed by atoms with Gasteiger partial charge in [-0.3, -0.25) is 9.59 Å². The summed E-state index contributed by atoms with van der Waals surface area (Å²) in [5.41, 5.74) is 5.36. The Morgan fingerprint density at radius 1 is 1.04 bits per heavy atom. The van der Waals surface area contributed by atoms with Crippen LogP contribution in [0.5, 0.6) is 0 Å². The van der Waals surface area contributed by atoms with Crippen LogP contribution in [0.1, 0.15) is 29.6 Å². The summed E-state index contributed by atoms with van der Waals surface area (Å²) in [6.07, 6.45) is 2.16. The van der Waals surface area contributed by atoms with Crippen LogP contribution in [-0.2, 0) is 4.79 Å². The van der Waals surface area contributed by atoms with Gasteiger partial charge < -0.3 is 15.5 Å². The summed E-state index contributed by atoms with van der Waals surface area (Å²) in [7, 11) is 0. The summed E-state index contributed by atoms with van der Waals surface area (Å²) in [5, 5.41) is 0. The van der Waals surface area contributed by atoms with Crippen LogP contribution in [0.15, 0.2) is 24.3 Å². The first-order valence-corrected chi connectivity index (χ1v) is 7.63. The largest absolute Gasteiger partial charge is 0.339 e. The number of carbonyl (C=O) groups is 2. The van der Waals surface area contributed by atoms with Crippen LogP contribution in [0.25, 0.3) is 0 Å². The van der Waals surface area contributed by atoms with E-state index in [-0.39, 0.29) is 29.8 Å². The van der Waals surface area contributed by atoms with Gasteiger partial charge in [0, 0.05) is 26.2 Å². The van der Waals surface area contributed by atoms with Gasteiger partial charge in [-0.1, -0.05) is 12.1 Å². The second-order valence-corrected chi connectivity index (χ2v) is 6.07. The van der Waals surface area contributed by atoms with Crippen molar-refractivity contribution in [1.82, 2.24) is 9.80 Å². The van der Waals surface area contributed by atoms with Gasteiger partial charge in [-0.15, -0.1) is 12.4 Å². The smallest absolute Gasteiger partial charge is 0.256 e. The van der Waals surface area contributed by atoms with Crippen LogP contribution >= 0.6 is 12.4 Å². The third kappa shape index (κ3) is 3.64. The molecule has 2 aliphatic rings. The summed E-state index contributed by atoms with van der Waals surface area (Å²) >= 11 is 0. The zero-order valence-electron chi connectivity index (χ0n) is 12.8. The van der Waals surface area contributed by atoms with Gasteiger partial charge in [-0.25, -0.2) is 4.39 Å². The number of nitrogens with zero attached hydrogens (tertiary/aromatic N) is 2. The predicted molar refractivity (Wildman–Crippen MR) is 86.9 cm³/mol. The average molecular weight is 342 g/mol. The molecule has 0 radical (unpaired) electrons. The third-order valence-corrected chi connectivity index (χ3v) is 4.39. The monoisotopic (exact) mass is 341 g/mol. The third-order valence-electron chi connectivity index (χ3n) is 4.39. The second-order valence-electron chi connectivity index (χ2n) is 6.07. The molecule has 1 aliphatic heterocycles. The molecule has 1 aromatic carbocycles. The fraction of sp³-hybridized carbons (Fsp3) is 0.500. The van der Waals surface area contributed by atoms with E-state index in [1.807, 2.05) is 0 Å². The van der Waals surface area contributed by atoms with Gasteiger partial charge in [0.1, 0.15) is 5.82 Å². The summed E-state index contributed by atoms with van der Waals surface area (Å²) in [6.45, 7) is 1.99. The molecule has 1 aromatic rings. The van der Waals surface area contributed by atoms with E-state index < -0.39 is 11.4 Å². The van der Waals surface area contributed by atoms with Gasteiger partial charge in [0.15, 0.2) is 0 Å². The molecule has 126 valence electrons. The molecule has 1 saturated carbocycles. The van der Waals surface area contributed by atoms with Crippen molar-refractivity contribution in [3.05, 3.63) is 35.6 Å². The first-order valence-electron chi connectivity index (χ1n) is 7.63. The van der Waals surface area contributed by atoms with Crippen molar-refractivity contribution in [1.29, 1.82) is 0 Å². The molecule has 0 spiro atoms. The summed E-state index contributed by atoms with van der Waals surface area (Å²) in [6, 6.07) is 5.98. The molecular weight excluding hydrogens is 321 g/mol. The maximum atomic E-state index is 13.7. The Morgan fingerprint density at radius 3 is 2.30 bits per heavy atom. The molecular formula is C16H21ClFN3O2. The highest BCUT2D eigenvalue weighted by Crippen LogP contribution is 2.34. The lowest BCUT2D eigenvalue weighted by Gasteiger charge is -2.24. The molecule has 2 fully saturated rings. The van der Waals surface area contributed by atoms with Crippen molar-refractivity contribution in [3.8, 4) is 0 Å². The molecule has 2 N–H and O–H groups in total. The van der Waals surface area contributed by atoms with Gasteiger partial charge in [0.05, 0.1) is 11.1 Å². The minimum absolute atomic E-state index is 0. The fourth-order valence-electron chi connectivity index (χ4n) is 2.79. The van der Waals surface area contributed by atoms with Crippen LogP contribution in [0.4, 0.5) is 4.39 Å². The van der Waals surface area contributed by atoms with Crippen molar-refractivity contribution >= 4 is 24.2 Å². The molecule has 7 heteroatoms. The van der Waals surface area contributed by atoms with Gasteiger partial charge in [0.25, 0.3) is 5.91 Å². The first-order chi connectivity index (χ1) is 10.5. The number of hydrogen-bond donors (Lipinski definition) is 1. The molecule has 0 unspecified atom stereocenters. The van der Waals surface area contributed by atoms with E-state index in [9.17, 15) is 14.0 Å². The lowest BCUT2D eigenvalue weighted by atomic mass is 10.2. The van der Waals surface area contributed by atoms with Crippen LogP contribution < -0.4 is 5.73 Å². The fourth-order valence-corrected chi connectivity index (χ4v) is 2.79. The van der Waals surface area contributed by atoms with Gasteiger partial charge in [0.2, 0.25) is 5.91 Å². The van der Waals surface area contributed by atoms with E-state index in [0.717, 1.165) is 12.8 Å². The zero-order chi connectivity index (χ0) is 15.7. The molecule has 1 aliphatic carbocycles. The number of halogens is 2. The van der Waals surface area contributed by atoms with E-state index >= 15 is 0 Å². The SMILES string of the molecule is Cl.NC1(C(=O)N2CCCN(C(=O)c3ccccc3F)CC2)CC1. The number of amides is 2. The highest BCUT2D eigenvalue weighted by atomic mass is 35.5. The van der Waals surface area contributed by atoms with E-state index in [1.165, 1.54) is 12.1 Å². The van der Waals surface area contributed by atoms with E-state index in [4.69, 9.17) is 5.73 Å². The Kier molecular flexibility index (Phi) is 5.26. The van der Waals surface area contributed by atoms with Crippen molar-refractivity contribution < 1.29 is 14.0 Å². The molecule has 23 heavy (non-hydrogen) atoms. The molecule has 3 rings (SSSR count). The van der Waals surface area contributed by atoms with Crippen molar-refractivity contribution in [3.63, 3.8) is 0 Å². The number of hydrogen-bond acceptors (Lipinski definition) is 3. The van der Waals surface area contributed by atoms with Crippen LogP contribution in [-0.4, -0.2) is 53.3 Å². The van der Waals surface area contributed by atoms with Gasteiger partial charge >= 0.3 is 0 Å². The number of rotatable bonds is 2. The highest BCUT2D eigenvalue weighted by Gasteiger charge is 2.48. The number of nitrogens with two attached hydrogens (primary N) is 1. The van der Waals surface area contributed by atoms with Gasteiger partial charge in [-0.2, -0.15) is 0 Å². The normalized spacial score (nSPS) is 19.6. The minimum atomic E-state index is -0.676. The van der Waals surface area contributed by atoms with E-state index in [2.05, 4.69) is 0 Å². The predicted octanol–water partition coefficient (Wildman–Crippen LogP) is 1.41. The van der Waals surface area contributed by atoms with Crippen molar-refractivity contribution in [2.45, 2.75) is 24.8 Å². The Bertz CT molecular complexity index is 607. The summed E-state index contributed by atoms with van der Waals surface area (Å²) in [4.78, 5) is 28.0. The zero-order valence-corrected chi connectivity index (χ0v) is 13.7. The van der Waals surface area contributed by atoms with E-state index in [0.29, 0.717) is 32.6 Å². The lowest BCUT2D eigenvalue weighted by molar-refractivity contribution is -0.133. The minimum Gasteiger partial charge on any atom is -0.339 e. The maximum Gasteiger partial charge on any atom is 0.256 e.